The molecule has 0 heterocycles. The lowest BCUT2D eigenvalue weighted by molar-refractivity contribution is 0.0694. The number of hydrogen-bond donors (Lipinski definition) is 3. The maximum Gasteiger partial charge on any atom is 0.341 e. The number of rotatable bonds is 7. The number of amides is 1. The van der Waals surface area contributed by atoms with Gasteiger partial charge < -0.3 is 20.5 Å². The normalized spacial score (nSPS) is 24.3. The van der Waals surface area contributed by atoms with E-state index in [1.807, 2.05) is 12.1 Å². The van der Waals surface area contributed by atoms with Crippen molar-refractivity contribution in [2.75, 3.05) is 17.7 Å². The van der Waals surface area contributed by atoms with Gasteiger partial charge in [-0.3, -0.25) is 4.79 Å². The topological polar surface area (TPSA) is 87.7 Å². The van der Waals surface area contributed by atoms with E-state index in [0.717, 1.165) is 23.4 Å². The minimum atomic E-state index is -1.10. The Bertz CT molecular complexity index is 1320. The summed E-state index contributed by atoms with van der Waals surface area (Å²) < 4.78 is 5.20. The van der Waals surface area contributed by atoms with E-state index in [9.17, 15) is 14.7 Å². The van der Waals surface area contributed by atoms with Crippen LogP contribution >= 0.6 is 0 Å². The van der Waals surface area contributed by atoms with E-state index in [0.29, 0.717) is 16.9 Å². The summed E-state index contributed by atoms with van der Waals surface area (Å²) in [6, 6.07) is 20.3. The summed E-state index contributed by atoms with van der Waals surface area (Å²) in [4.78, 5) is 24.8. The third-order valence-electron chi connectivity index (χ3n) is 8.32. The highest BCUT2D eigenvalue weighted by atomic mass is 16.5. The molecular weight excluding hydrogens is 476 g/mol. The number of carbonyl (C=O) groups excluding carboxylic acids is 1. The van der Waals surface area contributed by atoms with Crippen molar-refractivity contribution in [3.8, 4) is 5.75 Å². The number of carboxylic acid groups (broad SMARTS) is 1. The highest BCUT2D eigenvalue weighted by Crippen LogP contribution is 2.51. The van der Waals surface area contributed by atoms with Crippen LogP contribution in [0.5, 0.6) is 5.75 Å². The van der Waals surface area contributed by atoms with E-state index in [4.69, 9.17) is 4.74 Å². The van der Waals surface area contributed by atoms with Crippen LogP contribution in [0.4, 0.5) is 17.1 Å². The number of carboxylic acids is 1. The van der Waals surface area contributed by atoms with Gasteiger partial charge in [-0.25, -0.2) is 4.79 Å². The largest absolute Gasteiger partial charge is 0.496 e. The third kappa shape index (κ3) is 5.40. The molecule has 2 unspecified atom stereocenters. The molecule has 0 saturated heterocycles. The first-order valence-electron chi connectivity index (χ1n) is 13.4. The van der Waals surface area contributed by atoms with Gasteiger partial charge in [-0.15, -0.1) is 0 Å². The van der Waals surface area contributed by atoms with Crippen molar-refractivity contribution in [2.24, 2.45) is 17.8 Å². The fourth-order valence-corrected chi connectivity index (χ4v) is 6.90. The zero-order valence-corrected chi connectivity index (χ0v) is 22.3. The van der Waals surface area contributed by atoms with E-state index in [-0.39, 0.29) is 22.6 Å². The van der Waals surface area contributed by atoms with Crippen molar-refractivity contribution in [3.05, 3.63) is 83.4 Å². The second kappa shape index (κ2) is 10.5. The molecule has 2 atom stereocenters. The van der Waals surface area contributed by atoms with Gasteiger partial charge in [-0.1, -0.05) is 38.1 Å². The summed E-state index contributed by atoms with van der Waals surface area (Å²) in [5.74, 6) is 1.45. The Morgan fingerprint density at radius 1 is 0.921 bits per heavy atom. The second-order valence-corrected chi connectivity index (χ2v) is 11.4. The number of anilines is 3. The predicted molar refractivity (Wildman–Crippen MR) is 151 cm³/mol. The average molecular weight is 513 g/mol. The number of nitrogens with one attached hydrogen (secondary N) is 2. The lowest BCUT2D eigenvalue weighted by Gasteiger charge is -2.47. The molecule has 2 saturated carbocycles. The van der Waals surface area contributed by atoms with Gasteiger partial charge in [0.2, 0.25) is 0 Å². The molecule has 3 aromatic carbocycles. The van der Waals surface area contributed by atoms with Gasteiger partial charge in [0.15, 0.2) is 0 Å². The Labute approximate surface area is 224 Å². The van der Waals surface area contributed by atoms with E-state index in [2.05, 4.69) is 36.6 Å². The van der Waals surface area contributed by atoms with Crippen LogP contribution in [0, 0.1) is 17.8 Å². The molecule has 6 nitrogen and oxygen atoms in total. The summed E-state index contributed by atoms with van der Waals surface area (Å²) in [5, 5.41) is 15.8. The minimum Gasteiger partial charge on any atom is -0.496 e. The summed E-state index contributed by atoms with van der Waals surface area (Å²) in [7, 11) is 1.43. The molecule has 3 N–H and O–H groups in total. The van der Waals surface area contributed by atoms with Crippen LogP contribution in [0.1, 0.15) is 72.2 Å². The molecular formula is C32H36N2O4. The van der Waals surface area contributed by atoms with Gasteiger partial charge in [0, 0.05) is 16.9 Å². The fraction of sp³-hybridized carbons (Fsp3) is 0.375. The maximum absolute atomic E-state index is 13.1. The zero-order valence-electron chi connectivity index (χ0n) is 22.3. The Morgan fingerprint density at radius 3 is 2.26 bits per heavy atom. The number of benzene rings is 3. The van der Waals surface area contributed by atoms with Crippen LogP contribution in [-0.2, 0) is 5.41 Å². The molecule has 38 heavy (non-hydrogen) atoms. The van der Waals surface area contributed by atoms with Crippen molar-refractivity contribution in [3.63, 3.8) is 0 Å². The lowest BCUT2D eigenvalue weighted by Crippen LogP contribution is -2.38. The molecule has 0 radical (unpaired) electrons. The molecule has 0 aromatic heterocycles. The third-order valence-corrected chi connectivity index (χ3v) is 8.32. The Morgan fingerprint density at radius 2 is 1.61 bits per heavy atom. The first-order chi connectivity index (χ1) is 18.2. The lowest BCUT2D eigenvalue weighted by atomic mass is 9.57. The van der Waals surface area contributed by atoms with Gasteiger partial charge in [0.1, 0.15) is 11.3 Å². The zero-order chi connectivity index (χ0) is 26.9. The molecule has 5 rings (SSSR count). The standard InChI is InChI=1S/C32H36N2O4/c1-20-14-21-16-22(15-20)19-32(2,18-21)24-10-12-25(13-11-24)34-30(35)23-6-4-7-26(17-23)33-27-8-5-9-28(38-3)29(27)31(36)37/h4-13,17,20-22,33H,14-16,18-19H2,1-3H3,(H,34,35)(H,36,37). The van der Waals surface area contributed by atoms with Crippen molar-refractivity contribution >= 4 is 28.9 Å². The van der Waals surface area contributed by atoms with Crippen molar-refractivity contribution in [2.45, 2.75) is 51.4 Å². The Kier molecular flexibility index (Phi) is 7.15. The number of carbonyl (C=O) groups is 2. The molecule has 2 bridgehead atoms. The van der Waals surface area contributed by atoms with Crippen molar-refractivity contribution < 1.29 is 19.4 Å². The quantitative estimate of drug-likeness (QED) is 0.305. The minimum absolute atomic E-state index is 0.0368. The molecule has 2 fully saturated rings. The van der Waals surface area contributed by atoms with Gasteiger partial charge in [0.05, 0.1) is 12.8 Å². The molecule has 2 aliphatic carbocycles. The highest BCUT2D eigenvalue weighted by Gasteiger charge is 2.41. The van der Waals surface area contributed by atoms with Crippen LogP contribution < -0.4 is 15.4 Å². The van der Waals surface area contributed by atoms with Crippen LogP contribution in [0.2, 0.25) is 0 Å². The summed E-state index contributed by atoms with van der Waals surface area (Å²) in [6.07, 6.45) is 6.58. The highest BCUT2D eigenvalue weighted by molar-refractivity contribution is 6.05. The van der Waals surface area contributed by atoms with Crippen molar-refractivity contribution in [1.82, 2.24) is 0 Å². The number of ether oxygens (including phenoxy) is 1. The number of hydrogen-bond acceptors (Lipinski definition) is 4. The van der Waals surface area contributed by atoms with Crippen molar-refractivity contribution in [1.29, 1.82) is 0 Å². The molecule has 6 heteroatoms. The van der Waals surface area contributed by atoms with Gasteiger partial charge in [0.25, 0.3) is 5.91 Å². The Balaban J connectivity index is 1.28. The summed E-state index contributed by atoms with van der Waals surface area (Å²) >= 11 is 0. The van der Waals surface area contributed by atoms with Gasteiger partial charge in [-0.2, -0.15) is 0 Å². The van der Waals surface area contributed by atoms with E-state index >= 15 is 0 Å². The fourth-order valence-electron chi connectivity index (χ4n) is 6.90. The summed E-state index contributed by atoms with van der Waals surface area (Å²) in [5.41, 5.74) is 3.82. The molecule has 1 amide bonds. The maximum atomic E-state index is 13.1. The van der Waals surface area contributed by atoms with Crippen LogP contribution in [0.3, 0.4) is 0 Å². The van der Waals surface area contributed by atoms with Crippen LogP contribution in [0.25, 0.3) is 0 Å². The smallest absolute Gasteiger partial charge is 0.341 e. The monoisotopic (exact) mass is 512 g/mol. The van der Waals surface area contributed by atoms with E-state index in [1.165, 1.54) is 44.8 Å². The number of aromatic carboxylic acids is 1. The van der Waals surface area contributed by atoms with E-state index in [1.54, 1.807) is 42.5 Å². The predicted octanol–water partition coefficient (Wildman–Crippen LogP) is 7.49. The first kappa shape index (κ1) is 25.8. The molecule has 3 aromatic rings. The number of methoxy groups -OCH3 is 1. The average Bonchev–Trinajstić information content (AvgIpc) is 2.88. The molecule has 0 aliphatic heterocycles. The van der Waals surface area contributed by atoms with Crippen LogP contribution in [0.15, 0.2) is 66.7 Å². The molecule has 0 spiro atoms. The molecule has 2 aliphatic rings. The van der Waals surface area contributed by atoms with E-state index < -0.39 is 5.97 Å². The number of fused-ring (bicyclic) bond motifs is 2. The van der Waals surface area contributed by atoms with Gasteiger partial charge in [-0.05, 0) is 103 Å². The SMILES string of the molecule is COc1cccc(Nc2cccc(C(=O)Nc3ccc(C4(C)CC5CC(C)CC(C5)C4)cc3)c2)c1C(=O)O. The Hall–Kier alpha value is -3.80. The molecule has 198 valence electrons. The first-order valence-corrected chi connectivity index (χ1v) is 13.4. The second-order valence-electron chi connectivity index (χ2n) is 11.4. The van der Waals surface area contributed by atoms with Gasteiger partial charge >= 0.3 is 5.97 Å². The van der Waals surface area contributed by atoms with Crippen LogP contribution in [-0.4, -0.2) is 24.1 Å². The summed E-state index contributed by atoms with van der Waals surface area (Å²) in [6.45, 7) is 4.81.